The summed E-state index contributed by atoms with van der Waals surface area (Å²) < 4.78 is 5.50. The van der Waals surface area contributed by atoms with E-state index in [1.165, 1.54) is 44.3 Å². The molecule has 2 atom stereocenters. The summed E-state index contributed by atoms with van der Waals surface area (Å²) in [6.45, 7) is 0. The minimum Gasteiger partial charge on any atom is -0.497 e. The van der Waals surface area contributed by atoms with E-state index in [9.17, 15) is 0 Å². The SMILES string of the molecule is COc1ccc2[nH]c3c(c2c1)C[C@H](c1cc2ccccc2[nH]1)[C@H](c1ccccc1)C3. The summed E-state index contributed by atoms with van der Waals surface area (Å²) >= 11 is 0. The topological polar surface area (TPSA) is 40.8 Å². The summed E-state index contributed by atoms with van der Waals surface area (Å²) in [6.07, 6.45) is 2.02. The number of rotatable bonds is 3. The van der Waals surface area contributed by atoms with E-state index in [4.69, 9.17) is 4.74 Å². The molecule has 2 N–H and O–H groups in total. The Morgan fingerprint density at radius 3 is 2.43 bits per heavy atom. The van der Waals surface area contributed by atoms with E-state index in [2.05, 4.69) is 82.8 Å². The highest BCUT2D eigenvalue weighted by Crippen LogP contribution is 2.45. The number of nitrogens with one attached hydrogen (secondary N) is 2. The third-order valence-electron chi connectivity index (χ3n) is 6.71. The Bertz CT molecular complexity index is 1310. The van der Waals surface area contributed by atoms with Crippen molar-refractivity contribution in [3.05, 3.63) is 101 Å². The zero-order valence-electron chi connectivity index (χ0n) is 17.0. The molecule has 2 aromatic heterocycles. The lowest BCUT2D eigenvalue weighted by Crippen LogP contribution is -2.22. The van der Waals surface area contributed by atoms with Gasteiger partial charge in [0.05, 0.1) is 7.11 Å². The summed E-state index contributed by atoms with van der Waals surface area (Å²) in [5.74, 6) is 1.75. The molecule has 0 saturated carbocycles. The van der Waals surface area contributed by atoms with Gasteiger partial charge in [0.25, 0.3) is 0 Å². The molecule has 148 valence electrons. The molecule has 0 radical (unpaired) electrons. The molecule has 0 aliphatic heterocycles. The van der Waals surface area contributed by atoms with Crippen molar-refractivity contribution in [1.82, 2.24) is 9.97 Å². The van der Waals surface area contributed by atoms with Gasteiger partial charge in [-0.3, -0.25) is 0 Å². The quantitative estimate of drug-likeness (QED) is 0.370. The van der Waals surface area contributed by atoms with Crippen LogP contribution in [0.15, 0.2) is 78.9 Å². The van der Waals surface area contributed by atoms with Crippen LogP contribution in [0.1, 0.15) is 34.4 Å². The lowest BCUT2D eigenvalue weighted by Gasteiger charge is -2.32. The van der Waals surface area contributed by atoms with E-state index in [-0.39, 0.29) is 0 Å². The van der Waals surface area contributed by atoms with Gasteiger partial charge in [-0.15, -0.1) is 0 Å². The maximum Gasteiger partial charge on any atom is 0.119 e. The predicted octanol–water partition coefficient (Wildman–Crippen LogP) is 6.32. The number of fused-ring (bicyclic) bond motifs is 4. The lowest BCUT2D eigenvalue weighted by atomic mass is 9.73. The van der Waals surface area contributed by atoms with Gasteiger partial charge in [0.2, 0.25) is 0 Å². The van der Waals surface area contributed by atoms with Crippen LogP contribution in [-0.4, -0.2) is 17.1 Å². The molecule has 30 heavy (non-hydrogen) atoms. The minimum atomic E-state index is 0.400. The molecule has 0 amide bonds. The van der Waals surface area contributed by atoms with Gasteiger partial charge in [-0.2, -0.15) is 0 Å². The summed E-state index contributed by atoms with van der Waals surface area (Å²) in [4.78, 5) is 7.42. The van der Waals surface area contributed by atoms with Crippen LogP contribution in [0.5, 0.6) is 5.75 Å². The van der Waals surface area contributed by atoms with Crippen molar-refractivity contribution in [2.24, 2.45) is 0 Å². The highest BCUT2D eigenvalue weighted by atomic mass is 16.5. The van der Waals surface area contributed by atoms with E-state index < -0.39 is 0 Å². The molecule has 0 spiro atoms. The van der Waals surface area contributed by atoms with E-state index in [1.807, 2.05) is 6.07 Å². The Balaban J connectivity index is 1.52. The molecule has 0 saturated heterocycles. The summed E-state index contributed by atoms with van der Waals surface area (Å²) in [5, 5.41) is 2.57. The Labute approximate surface area is 175 Å². The smallest absolute Gasteiger partial charge is 0.119 e. The van der Waals surface area contributed by atoms with Crippen LogP contribution >= 0.6 is 0 Å². The number of methoxy groups -OCH3 is 1. The number of H-pyrrole nitrogens is 2. The van der Waals surface area contributed by atoms with Crippen molar-refractivity contribution in [2.75, 3.05) is 7.11 Å². The number of para-hydroxylation sites is 1. The monoisotopic (exact) mass is 392 g/mol. The van der Waals surface area contributed by atoms with Crippen LogP contribution in [0, 0.1) is 0 Å². The highest BCUT2D eigenvalue weighted by Gasteiger charge is 2.34. The molecule has 3 heteroatoms. The highest BCUT2D eigenvalue weighted by molar-refractivity contribution is 5.87. The van der Waals surface area contributed by atoms with Crippen LogP contribution < -0.4 is 4.74 Å². The van der Waals surface area contributed by atoms with Crippen molar-refractivity contribution in [3.63, 3.8) is 0 Å². The van der Waals surface area contributed by atoms with Gasteiger partial charge in [-0.05, 0) is 65.6 Å². The first-order chi connectivity index (χ1) is 14.8. The molecular formula is C27H24N2O. The van der Waals surface area contributed by atoms with Crippen molar-refractivity contribution in [2.45, 2.75) is 24.7 Å². The molecule has 5 aromatic rings. The molecule has 3 nitrogen and oxygen atoms in total. The molecule has 1 aliphatic carbocycles. The molecule has 2 heterocycles. The number of aromatic nitrogens is 2. The van der Waals surface area contributed by atoms with Gasteiger partial charge >= 0.3 is 0 Å². The number of hydrogen-bond acceptors (Lipinski definition) is 1. The van der Waals surface area contributed by atoms with Gasteiger partial charge in [0, 0.05) is 33.7 Å². The van der Waals surface area contributed by atoms with Crippen LogP contribution in [0.25, 0.3) is 21.8 Å². The van der Waals surface area contributed by atoms with Crippen LogP contribution in [0.2, 0.25) is 0 Å². The maximum absolute atomic E-state index is 5.50. The zero-order chi connectivity index (χ0) is 20.1. The Kier molecular flexibility index (Phi) is 3.95. The third-order valence-corrected chi connectivity index (χ3v) is 6.71. The minimum absolute atomic E-state index is 0.400. The summed E-state index contributed by atoms with van der Waals surface area (Å²) in [5.41, 5.74) is 7.94. The molecule has 1 aliphatic rings. The number of hydrogen-bond donors (Lipinski definition) is 2. The summed E-state index contributed by atoms with van der Waals surface area (Å²) in [6, 6.07) is 28.2. The van der Waals surface area contributed by atoms with Gasteiger partial charge in [-0.25, -0.2) is 0 Å². The Morgan fingerprint density at radius 1 is 0.767 bits per heavy atom. The largest absolute Gasteiger partial charge is 0.497 e. The van der Waals surface area contributed by atoms with Gasteiger partial charge in [0.1, 0.15) is 5.75 Å². The van der Waals surface area contributed by atoms with Crippen molar-refractivity contribution < 1.29 is 4.74 Å². The standard InChI is InChI=1S/C27H24N2O/c1-30-19-11-12-25-21(14-19)23-15-22(26-13-18-9-5-6-10-24(18)28-26)20(16-27(23)29-25)17-7-3-2-4-8-17/h2-14,20,22,28-29H,15-16H2,1H3/t20-,22-/m0/s1. The molecule has 0 fully saturated rings. The molecule has 3 aromatic carbocycles. The molecule has 0 unspecified atom stereocenters. The lowest BCUT2D eigenvalue weighted by molar-refractivity contribution is 0.415. The second-order valence-corrected chi connectivity index (χ2v) is 8.34. The first-order valence-electron chi connectivity index (χ1n) is 10.6. The first-order valence-corrected chi connectivity index (χ1v) is 10.6. The van der Waals surface area contributed by atoms with Crippen LogP contribution in [0.4, 0.5) is 0 Å². The Hall–Kier alpha value is -3.46. The van der Waals surface area contributed by atoms with Gasteiger partial charge in [-0.1, -0.05) is 48.5 Å². The van der Waals surface area contributed by atoms with Crippen LogP contribution in [-0.2, 0) is 12.8 Å². The van der Waals surface area contributed by atoms with Crippen molar-refractivity contribution in [1.29, 1.82) is 0 Å². The normalized spacial score (nSPS) is 18.6. The third kappa shape index (κ3) is 2.73. The maximum atomic E-state index is 5.50. The van der Waals surface area contributed by atoms with E-state index in [1.54, 1.807) is 7.11 Å². The van der Waals surface area contributed by atoms with Gasteiger partial charge < -0.3 is 14.7 Å². The Morgan fingerprint density at radius 2 is 1.60 bits per heavy atom. The van der Waals surface area contributed by atoms with E-state index >= 15 is 0 Å². The zero-order valence-corrected chi connectivity index (χ0v) is 17.0. The number of ether oxygens (including phenoxy) is 1. The average Bonchev–Trinajstić information content (AvgIpc) is 3.39. The fraction of sp³-hybridized carbons (Fsp3) is 0.185. The van der Waals surface area contributed by atoms with E-state index in [0.29, 0.717) is 11.8 Å². The van der Waals surface area contributed by atoms with E-state index in [0.717, 1.165) is 18.6 Å². The molecular weight excluding hydrogens is 368 g/mol. The fourth-order valence-corrected chi connectivity index (χ4v) is 5.21. The predicted molar refractivity (Wildman–Crippen MR) is 122 cm³/mol. The number of aromatic amines is 2. The van der Waals surface area contributed by atoms with Crippen molar-refractivity contribution in [3.8, 4) is 5.75 Å². The number of benzene rings is 3. The first kappa shape index (κ1) is 17.4. The second kappa shape index (κ2) is 6.81. The van der Waals surface area contributed by atoms with Crippen molar-refractivity contribution >= 4 is 21.8 Å². The van der Waals surface area contributed by atoms with Crippen LogP contribution in [0.3, 0.4) is 0 Å². The summed E-state index contributed by atoms with van der Waals surface area (Å²) in [7, 11) is 1.74. The molecule has 6 rings (SSSR count). The fourth-order valence-electron chi connectivity index (χ4n) is 5.21. The average molecular weight is 393 g/mol. The second-order valence-electron chi connectivity index (χ2n) is 8.34. The van der Waals surface area contributed by atoms with Gasteiger partial charge in [0.15, 0.2) is 0 Å². The molecule has 0 bridgehead atoms.